The third-order valence-electron chi connectivity index (χ3n) is 0.513. The van der Waals surface area contributed by atoms with Gasteiger partial charge in [0.2, 0.25) is 10.3 Å². The Balaban J connectivity index is 4.47. The molecule has 5 heteroatoms. The minimum Gasteiger partial charge on any atom is -0.478 e. The zero-order chi connectivity index (χ0) is 7.44. The van der Waals surface area contributed by atoms with Crippen molar-refractivity contribution in [3.8, 4) is 0 Å². The fourth-order valence-electron chi connectivity index (χ4n) is 0.167. The molecule has 1 N–H and O–H groups in total. The van der Waals surface area contributed by atoms with Gasteiger partial charge < -0.3 is 5.11 Å². The molecule has 0 fully saturated rings. The molecule has 9 heavy (non-hydrogen) atoms. The first-order valence-corrected chi connectivity index (χ1v) is 3.03. The van der Waals surface area contributed by atoms with E-state index >= 15 is 0 Å². The van der Waals surface area contributed by atoms with Crippen LogP contribution in [0.1, 0.15) is 0 Å². The number of carbonyl (C=O) groups is 1. The molecule has 4 nitrogen and oxygen atoms in total. The first-order chi connectivity index (χ1) is 4.04. The Hall–Kier alpha value is -1.10. The molecule has 0 aliphatic heterocycles. The van der Waals surface area contributed by atoms with Crippen LogP contribution in [0.5, 0.6) is 0 Å². The summed E-state index contributed by atoms with van der Waals surface area (Å²) < 4.78 is 19.5. The predicted octanol–water partition coefficient (Wildman–Crippen LogP) is -0.691. The van der Waals surface area contributed by atoms with Crippen LogP contribution in [0, 0.1) is 0 Å². The summed E-state index contributed by atoms with van der Waals surface area (Å²) in [5.41, 5.74) is -0.441. The molecular weight excluding hydrogens is 144 g/mol. The summed E-state index contributed by atoms with van der Waals surface area (Å²) in [4.78, 5) is 9.83. The van der Waals surface area contributed by atoms with Gasteiger partial charge in [-0.1, -0.05) is 6.58 Å². The van der Waals surface area contributed by atoms with E-state index in [0.29, 0.717) is 5.37 Å². The fourth-order valence-corrected chi connectivity index (χ4v) is 0.500. The van der Waals surface area contributed by atoms with Crippen molar-refractivity contribution in [1.29, 1.82) is 0 Å². The molecule has 0 aliphatic rings. The van der Waals surface area contributed by atoms with E-state index in [1.54, 1.807) is 0 Å². The average Bonchev–Trinajstić information content (AvgIpc) is 1.63. The number of hydrogen-bond acceptors (Lipinski definition) is 3. The number of hydrogen-bond donors (Lipinski definition) is 1. The second-order valence-electron chi connectivity index (χ2n) is 1.21. The maximum Gasteiger partial charge on any atom is 0.336 e. The molecule has 0 aromatic rings. The summed E-state index contributed by atoms with van der Waals surface area (Å²) in [5, 5.41) is 8.56. The topological polar surface area (TPSA) is 71.4 Å². The van der Waals surface area contributed by atoms with Crippen molar-refractivity contribution in [2.45, 2.75) is 0 Å². The van der Waals surface area contributed by atoms with Gasteiger partial charge in [0, 0.05) is 0 Å². The molecule has 50 valence electrons. The molecule has 0 amide bonds. The highest BCUT2D eigenvalue weighted by molar-refractivity contribution is 7.71. The maximum absolute atomic E-state index is 9.83. The van der Waals surface area contributed by atoms with Gasteiger partial charge in [0.1, 0.15) is 0 Å². The molecule has 0 bridgehead atoms. The van der Waals surface area contributed by atoms with Gasteiger partial charge in [-0.15, -0.1) is 0 Å². The molecule has 0 saturated heterocycles. The summed E-state index contributed by atoms with van der Waals surface area (Å²) in [7, 11) is -2.47. The van der Waals surface area contributed by atoms with Gasteiger partial charge in [-0.25, -0.2) is 4.79 Å². The standard InChI is InChI=1S/C4H4O4S/c1-3(4(5)6)2-9(7)8/h2H,1H2,(H,5,6). The van der Waals surface area contributed by atoms with Crippen molar-refractivity contribution in [1.82, 2.24) is 0 Å². The molecule has 0 aromatic heterocycles. The Labute approximate surface area is 53.0 Å². The second kappa shape index (κ2) is 3.03. The van der Waals surface area contributed by atoms with E-state index < -0.39 is 21.8 Å². The lowest BCUT2D eigenvalue weighted by Crippen LogP contribution is -1.99. The van der Waals surface area contributed by atoms with E-state index in [1.165, 1.54) is 0 Å². The average molecular weight is 148 g/mol. The second-order valence-corrected chi connectivity index (χ2v) is 1.97. The van der Waals surface area contributed by atoms with Crippen LogP contribution in [-0.4, -0.2) is 24.9 Å². The number of carboxylic acid groups (broad SMARTS) is 1. The van der Waals surface area contributed by atoms with E-state index in [0.717, 1.165) is 0 Å². The van der Waals surface area contributed by atoms with Crippen molar-refractivity contribution in [2.24, 2.45) is 0 Å². The van der Waals surface area contributed by atoms with Gasteiger partial charge in [-0.3, -0.25) is 0 Å². The maximum atomic E-state index is 9.83. The molecule has 0 spiro atoms. The van der Waals surface area contributed by atoms with Crippen molar-refractivity contribution < 1.29 is 18.3 Å². The Bertz CT molecular complexity index is 250. The van der Waals surface area contributed by atoms with Gasteiger partial charge >= 0.3 is 5.97 Å². The van der Waals surface area contributed by atoms with E-state index in [2.05, 4.69) is 6.58 Å². The zero-order valence-corrected chi connectivity index (χ0v) is 5.18. The number of aliphatic carboxylic acids is 1. The summed E-state index contributed by atoms with van der Waals surface area (Å²) in [6.07, 6.45) is 0. The third kappa shape index (κ3) is 3.48. The van der Waals surface area contributed by atoms with Crippen LogP contribution in [0.25, 0.3) is 0 Å². The smallest absolute Gasteiger partial charge is 0.336 e. The summed E-state index contributed by atoms with van der Waals surface area (Å²) in [5.74, 6) is -1.33. The van der Waals surface area contributed by atoms with Crippen LogP contribution in [-0.2, 0) is 15.1 Å². The third-order valence-corrected chi connectivity index (χ3v) is 0.990. The number of rotatable bonds is 2. The fraction of sp³-hybridized carbons (Fsp3) is 0. The van der Waals surface area contributed by atoms with Gasteiger partial charge in [-0.05, 0) is 0 Å². The van der Waals surface area contributed by atoms with Crippen LogP contribution in [0.2, 0.25) is 0 Å². The van der Waals surface area contributed by atoms with Crippen molar-refractivity contribution in [2.75, 3.05) is 0 Å². The van der Waals surface area contributed by atoms with E-state index in [-0.39, 0.29) is 0 Å². The van der Waals surface area contributed by atoms with Gasteiger partial charge in [0.25, 0.3) is 0 Å². The lowest BCUT2D eigenvalue weighted by atomic mass is 10.4. The molecule has 0 rings (SSSR count). The van der Waals surface area contributed by atoms with Gasteiger partial charge in [0.15, 0.2) is 0 Å². The van der Waals surface area contributed by atoms with Crippen LogP contribution in [0.15, 0.2) is 12.2 Å². The molecule has 0 aliphatic carbocycles. The van der Waals surface area contributed by atoms with Gasteiger partial charge in [0.05, 0.1) is 10.9 Å². The van der Waals surface area contributed by atoms with Gasteiger partial charge in [-0.2, -0.15) is 8.42 Å². The predicted molar refractivity (Wildman–Crippen MR) is 31.8 cm³/mol. The highest BCUT2D eigenvalue weighted by Crippen LogP contribution is 1.80. The Morgan fingerprint density at radius 3 is 2.11 bits per heavy atom. The summed E-state index contributed by atoms with van der Waals surface area (Å²) in [6.45, 7) is 2.95. The lowest BCUT2D eigenvalue weighted by Gasteiger charge is -1.81. The first-order valence-electron chi connectivity index (χ1n) is 1.89. The first kappa shape index (κ1) is 7.90. The monoisotopic (exact) mass is 148 g/mol. The van der Waals surface area contributed by atoms with Crippen molar-refractivity contribution in [3.63, 3.8) is 0 Å². The minimum absolute atomic E-state index is 0.441. The molecular formula is C4H4O4S. The minimum atomic E-state index is -2.47. The van der Waals surface area contributed by atoms with E-state index in [1.807, 2.05) is 0 Å². The summed E-state index contributed by atoms with van der Waals surface area (Å²) >= 11 is 0. The molecule has 0 radical (unpaired) electrons. The quantitative estimate of drug-likeness (QED) is 0.415. The van der Waals surface area contributed by atoms with Crippen LogP contribution >= 0.6 is 0 Å². The Morgan fingerprint density at radius 2 is 2.00 bits per heavy atom. The molecule has 0 aromatic carbocycles. The van der Waals surface area contributed by atoms with Crippen LogP contribution in [0.3, 0.4) is 0 Å². The van der Waals surface area contributed by atoms with Crippen LogP contribution < -0.4 is 0 Å². The lowest BCUT2D eigenvalue weighted by molar-refractivity contribution is -0.131. The molecule has 0 atom stereocenters. The number of carboxylic acids is 1. The van der Waals surface area contributed by atoms with E-state index in [9.17, 15) is 13.2 Å². The largest absolute Gasteiger partial charge is 0.478 e. The molecule has 0 saturated carbocycles. The van der Waals surface area contributed by atoms with Crippen LogP contribution in [0.4, 0.5) is 0 Å². The zero-order valence-electron chi connectivity index (χ0n) is 4.36. The molecule has 0 heterocycles. The SMILES string of the molecule is C=C(C=S(=O)=O)C(=O)O. The highest BCUT2D eigenvalue weighted by atomic mass is 32.2. The van der Waals surface area contributed by atoms with E-state index in [4.69, 9.17) is 5.11 Å². The Kier molecular flexibility index (Phi) is 2.66. The summed E-state index contributed by atoms with van der Waals surface area (Å²) in [6, 6.07) is 0. The Morgan fingerprint density at radius 1 is 1.56 bits per heavy atom. The van der Waals surface area contributed by atoms with Crippen molar-refractivity contribution >= 4 is 21.6 Å². The van der Waals surface area contributed by atoms with Crippen molar-refractivity contribution in [3.05, 3.63) is 12.2 Å². The highest BCUT2D eigenvalue weighted by Gasteiger charge is 1.97. The molecule has 0 unspecified atom stereocenters. The normalized spacial score (nSPS) is 8.00.